The molecule has 1 unspecified atom stereocenters. The highest BCUT2D eigenvalue weighted by Crippen LogP contribution is 2.42. The van der Waals surface area contributed by atoms with Crippen molar-refractivity contribution in [1.29, 1.82) is 0 Å². The molecule has 1 aliphatic heterocycles. The van der Waals surface area contributed by atoms with Crippen LogP contribution in [0.25, 0.3) is 22.0 Å². The first-order chi connectivity index (χ1) is 20.8. The number of fused-ring (bicyclic) bond motifs is 1. The molecule has 5 rings (SSSR count). The number of rotatable bonds is 8. The first-order valence-electron chi connectivity index (χ1n) is 13.3. The monoisotopic (exact) mass is 633 g/mol. The molecular weight excluding hydrogens is 607 g/mol. The van der Waals surface area contributed by atoms with Crippen molar-refractivity contribution < 1.29 is 51.1 Å². The predicted octanol–water partition coefficient (Wildman–Crippen LogP) is 8.23. The summed E-state index contributed by atoms with van der Waals surface area (Å²) in [4.78, 5) is 17.6. The Kier molecular flexibility index (Phi) is 8.78. The third kappa shape index (κ3) is 7.44. The quantitative estimate of drug-likeness (QED) is 0.178. The fourth-order valence-corrected chi connectivity index (χ4v) is 4.85. The van der Waals surface area contributed by atoms with Crippen LogP contribution in [-0.2, 0) is 14.2 Å². The standard InChI is InChI=1S/C31H27ClF3NO8/c1-17-27(18-5-7-19(8-6-18)41-20-9-11-21(12-10-20)44-31(33,34)35)28(23-13-24(32)26(38-4)14-25(23)36-17)42-29(37)39-15-22-16-40-30(2,3)43-22/h5-14,22H,15-16H2,1-4H3. The van der Waals surface area contributed by atoms with E-state index in [-0.39, 0.29) is 29.7 Å². The van der Waals surface area contributed by atoms with E-state index in [1.54, 1.807) is 57.2 Å². The van der Waals surface area contributed by atoms with Gasteiger partial charge in [-0.2, -0.15) is 0 Å². The number of pyridine rings is 1. The van der Waals surface area contributed by atoms with Crippen LogP contribution in [0, 0.1) is 6.92 Å². The number of hydrogen-bond acceptors (Lipinski definition) is 9. The van der Waals surface area contributed by atoms with Crippen LogP contribution in [0.2, 0.25) is 5.02 Å². The summed E-state index contributed by atoms with van der Waals surface area (Å²) in [5.41, 5.74) is 2.13. The highest BCUT2D eigenvalue weighted by Gasteiger charge is 2.34. The second-order valence-electron chi connectivity index (χ2n) is 10.2. The van der Waals surface area contributed by atoms with Crippen LogP contribution in [0.4, 0.5) is 18.0 Å². The lowest BCUT2D eigenvalue weighted by atomic mass is 10.00. The van der Waals surface area contributed by atoms with Crippen LogP contribution in [0.15, 0.2) is 60.7 Å². The number of alkyl halides is 3. The third-order valence-electron chi connectivity index (χ3n) is 6.47. The van der Waals surface area contributed by atoms with Crippen molar-refractivity contribution in [2.45, 2.75) is 39.0 Å². The van der Waals surface area contributed by atoms with E-state index in [0.29, 0.717) is 45.0 Å². The number of hydrogen-bond donors (Lipinski definition) is 0. The number of benzene rings is 3. The van der Waals surface area contributed by atoms with Crippen LogP contribution in [-0.4, -0.2) is 49.7 Å². The topological polar surface area (TPSA) is 94.6 Å². The summed E-state index contributed by atoms with van der Waals surface area (Å²) in [6.07, 6.45) is -6.20. The zero-order chi connectivity index (χ0) is 31.6. The Bertz CT molecular complexity index is 1660. The Morgan fingerprint density at radius 2 is 1.68 bits per heavy atom. The zero-order valence-electron chi connectivity index (χ0n) is 24.0. The minimum atomic E-state index is -4.79. The van der Waals surface area contributed by atoms with Crippen molar-refractivity contribution in [3.63, 3.8) is 0 Å². The van der Waals surface area contributed by atoms with E-state index in [0.717, 1.165) is 12.1 Å². The van der Waals surface area contributed by atoms with Crippen LogP contribution in [0.3, 0.4) is 0 Å². The normalized spacial score (nSPS) is 16.0. The smallest absolute Gasteiger partial charge is 0.495 e. The fraction of sp³-hybridized carbons (Fsp3) is 0.290. The second kappa shape index (κ2) is 12.4. The van der Waals surface area contributed by atoms with Gasteiger partial charge >= 0.3 is 12.5 Å². The van der Waals surface area contributed by atoms with E-state index < -0.39 is 24.4 Å². The van der Waals surface area contributed by atoms with Crippen molar-refractivity contribution in [2.75, 3.05) is 20.3 Å². The summed E-state index contributed by atoms with van der Waals surface area (Å²) >= 11 is 6.43. The maximum atomic E-state index is 12.9. The highest BCUT2D eigenvalue weighted by atomic mass is 35.5. The molecule has 1 aromatic heterocycles. The summed E-state index contributed by atoms with van der Waals surface area (Å²) in [5, 5.41) is 0.723. The second-order valence-corrected chi connectivity index (χ2v) is 10.6. The lowest BCUT2D eigenvalue weighted by Gasteiger charge is -2.18. The first kappa shape index (κ1) is 31.2. The molecule has 1 saturated heterocycles. The molecule has 0 amide bonds. The zero-order valence-corrected chi connectivity index (χ0v) is 24.7. The number of methoxy groups -OCH3 is 1. The summed E-state index contributed by atoms with van der Waals surface area (Å²) in [6.45, 7) is 5.47. The molecule has 1 fully saturated rings. The molecule has 0 saturated carbocycles. The van der Waals surface area contributed by atoms with Gasteiger partial charge in [-0.05, 0) is 68.8 Å². The van der Waals surface area contributed by atoms with Crippen LogP contribution < -0.4 is 18.9 Å². The highest BCUT2D eigenvalue weighted by molar-refractivity contribution is 6.33. The minimum Gasteiger partial charge on any atom is -0.495 e. The van der Waals surface area contributed by atoms with E-state index in [1.807, 2.05) is 0 Å². The van der Waals surface area contributed by atoms with E-state index in [1.165, 1.54) is 19.2 Å². The van der Waals surface area contributed by atoms with Gasteiger partial charge in [0.05, 0.1) is 24.3 Å². The molecule has 0 spiro atoms. The number of halogens is 4. The number of aryl methyl sites for hydroxylation is 1. The van der Waals surface area contributed by atoms with Crippen molar-refractivity contribution in [1.82, 2.24) is 4.98 Å². The molecule has 0 N–H and O–H groups in total. The van der Waals surface area contributed by atoms with Crippen molar-refractivity contribution in [3.8, 4) is 39.9 Å². The lowest BCUT2D eigenvalue weighted by molar-refractivity contribution is -0.274. The Labute approximate surface area is 255 Å². The molecule has 2 heterocycles. The number of carbonyl (C=O) groups is 1. The molecule has 44 heavy (non-hydrogen) atoms. The fourth-order valence-electron chi connectivity index (χ4n) is 4.61. The van der Waals surface area contributed by atoms with E-state index in [4.69, 9.17) is 40.0 Å². The molecule has 232 valence electrons. The third-order valence-corrected chi connectivity index (χ3v) is 6.76. The van der Waals surface area contributed by atoms with Crippen LogP contribution in [0.5, 0.6) is 28.7 Å². The van der Waals surface area contributed by atoms with Gasteiger partial charge in [0.25, 0.3) is 0 Å². The lowest BCUT2D eigenvalue weighted by Crippen LogP contribution is -2.26. The molecule has 0 bridgehead atoms. The van der Waals surface area contributed by atoms with E-state index in [9.17, 15) is 18.0 Å². The van der Waals surface area contributed by atoms with Gasteiger partial charge in [0.1, 0.15) is 35.7 Å². The minimum absolute atomic E-state index is 0.0798. The average Bonchev–Trinajstić information content (AvgIpc) is 3.31. The Morgan fingerprint density at radius 3 is 2.27 bits per heavy atom. The molecule has 1 atom stereocenters. The number of aromatic nitrogens is 1. The summed E-state index contributed by atoms with van der Waals surface area (Å²) in [7, 11) is 1.48. The van der Waals surface area contributed by atoms with Gasteiger partial charge in [0, 0.05) is 22.7 Å². The molecular formula is C31H27ClF3NO8. The Morgan fingerprint density at radius 1 is 1.05 bits per heavy atom. The molecule has 9 nitrogen and oxygen atoms in total. The summed E-state index contributed by atoms with van der Waals surface area (Å²) in [6, 6.07) is 15.0. The molecule has 0 aliphatic carbocycles. The van der Waals surface area contributed by atoms with Gasteiger partial charge in [-0.25, -0.2) is 4.79 Å². The molecule has 1 aliphatic rings. The summed E-state index contributed by atoms with van der Waals surface area (Å²) < 4.78 is 74.7. The molecule has 13 heteroatoms. The van der Waals surface area contributed by atoms with Gasteiger partial charge in [-0.1, -0.05) is 23.7 Å². The number of carbonyl (C=O) groups excluding carboxylic acids is 1. The SMILES string of the molecule is COc1cc2nc(C)c(-c3ccc(Oc4ccc(OC(F)(F)F)cc4)cc3)c(OC(=O)OCC3COC(C)(C)O3)c2cc1Cl. The van der Waals surface area contributed by atoms with Crippen LogP contribution >= 0.6 is 11.6 Å². The predicted molar refractivity (Wildman–Crippen MR) is 154 cm³/mol. The average molecular weight is 634 g/mol. The van der Waals surface area contributed by atoms with Gasteiger partial charge in [-0.15, -0.1) is 13.2 Å². The Balaban J connectivity index is 1.42. The van der Waals surface area contributed by atoms with Crippen molar-refractivity contribution >= 4 is 28.7 Å². The van der Waals surface area contributed by atoms with Gasteiger partial charge in [0.2, 0.25) is 0 Å². The first-order valence-corrected chi connectivity index (χ1v) is 13.7. The van der Waals surface area contributed by atoms with E-state index >= 15 is 0 Å². The largest absolute Gasteiger partial charge is 0.573 e. The van der Waals surface area contributed by atoms with Crippen molar-refractivity contribution in [2.24, 2.45) is 0 Å². The van der Waals surface area contributed by atoms with Gasteiger partial charge < -0.3 is 33.2 Å². The molecule has 0 radical (unpaired) electrons. The molecule has 4 aromatic rings. The number of ether oxygens (including phenoxy) is 7. The Hall–Kier alpha value is -4.26. The van der Waals surface area contributed by atoms with Crippen molar-refractivity contribution in [3.05, 3.63) is 71.4 Å². The summed E-state index contributed by atoms with van der Waals surface area (Å²) in [5.74, 6) is 0.122. The van der Waals surface area contributed by atoms with E-state index in [2.05, 4.69) is 9.72 Å². The van der Waals surface area contributed by atoms with Gasteiger partial charge in [0.15, 0.2) is 11.5 Å². The molecule has 3 aromatic carbocycles. The van der Waals surface area contributed by atoms with Gasteiger partial charge in [-0.3, -0.25) is 4.98 Å². The van der Waals surface area contributed by atoms with Crippen LogP contribution in [0.1, 0.15) is 19.5 Å². The number of nitrogens with zero attached hydrogens (tertiary/aromatic N) is 1. The maximum Gasteiger partial charge on any atom is 0.573 e. The maximum absolute atomic E-state index is 12.9.